The van der Waals surface area contributed by atoms with Crippen LogP contribution >= 0.6 is 10.9 Å². The fourth-order valence-electron chi connectivity index (χ4n) is 1.88. The maximum Gasteiger partial charge on any atom is 0.221 e. The van der Waals surface area contributed by atoms with Gasteiger partial charge in [-0.3, -0.25) is 8.61 Å². The van der Waals surface area contributed by atoms with Crippen molar-refractivity contribution < 1.29 is 0 Å². The van der Waals surface area contributed by atoms with Crippen LogP contribution < -0.4 is 0 Å². The molecule has 4 nitrogen and oxygen atoms in total. The Labute approximate surface area is 95.5 Å². The molecular weight excluding hydrogens is 220 g/mol. The second kappa shape index (κ2) is 2.82. The number of aliphatic imine (C=N–C) groups is 2. The van der Waals surface area contributed by atoms with Crippen LogP contribution in [0.3, 0.4) is 0 Å². The van der Waals surface area contributed by atoms with E-state index in [4.69, 9.17) is 0 Å². The molecule has 0 amide bonds. The summed E-state index contributed by atoms with van der Waals surface area (Å²) in [5.74, 6) is 1.96. The lowest BCUT2D eigenvalue weighted by Gasteiger charge is -2.27. The molecule has 0 spiro atoms. The number of nitrogens with zero attached hydrogens (tertiary/aromatic N) is 4. The molecule has 0 bridgehead atoms. The van der Waals surface area contributed by atoms with Crippen molar-refractivity contribution in [2.45, 2.75) is 0 Å². The van der Waals surface area contributed by atoms with Gasteiger partial charge in [-0.2, -0.15) is 0 Å². The third kappa shape index (κ3) is 0.931. The van der Waals surface area contributed by atoms with Crippen LogP contribution in [0.5, 0.6) is 0 Å². The molecular formula is C11H8N4S. The van der Waals surface area contributed by atoms with Crippen molar-refractivity contribution in [2.75, 3.05) is 0 Å². The van der Waals surface area contributed by atoms with Crippen LogP contribution in [0, 0.1) is 0 Å². The van der Waals surface area contributed by atoms with Gasteiger partial charge in [-0.05, 0) is 24.3 Å². The Hall–Kier alpha value is -1.88. The third-order valence-electron chi connectivity index (χ3n) is 2.56. The predicted molar refractivity (Wildman–Crippen MR) is 67.7 cm³/mol. The molecule has 0 N–H and O–H groups in total. The summed E-state index contributed by atoms with van der Waals surface area (Å²) in [7, 11) is -0.201. The smallest absolute Gasteiger partial charge is 0.221 e. The molecule has 0 aromatic heterocycles. The van der Waals surface area contributed by atoms with Crippen molar-refractivity contribution in [3.8, 4) is 0 Å². The summed E-state index contributed by atoms with van der Waals surface area (Å²) in [5, 5.41) is 0.900. The number of allylic oxidation sites excluding steroid dienone is 4. The van der Waals surface area contributed by atoms with Gasteiger partial charge in [0.1, 0.15) is 11.7 Å². The molecule has 4 heterocycles. The molecule has 16 heavy (non-hydrogen) atoms. The summed E-state index contributed by atoms with van der Waals surface area (Å²) in [6, 6.07) is 0. The second-order valence-electron chi connectivity index (χ2n) is 3.54. The highest BCUT2D eigenvalue weighted by Gasteiger charge is 2.33. The highest BCUT2D eigenvalue weighted by molar-refractivity contribution is 8.13. The molecule has 0 saturated heterocycles. The number of amidine groups is 2. The fourth-order valence-corrected chi connectivity index (χ4v) is 3.70. The zero-order valence-corrected chi connectivity index (χ0v) is 9.13. The molecule has 0 atom stereocenters. The topological polar surface area (TPSA) is 31.2 Å². The summed E-state index contributed by atoms with van der Waals surface area (Å²) in [5.41, 5.74) is 0. The van der Waals surface area contributed by atoms with E-state index in [1.165, 1.54) is 0 Å². The quantitative estimate of drug-likeness (QED) is 0.592. The minimum Gasteiger partial charge on any atom is -0.261 e. The zero-order valence-electron chi connectivity index (χ0n) is 8.32. The van der Waals surface area contributed by atoms with Crippen LogP contribution in [-0.2, 0) is 0 Å². The Kier molecular flexibility index (Phi) is 1.46. The lowest BCUT2D eigenvalue weighted by atomic mass is 10.4. The molecule has 0 saturated carbocycles. The lowest BCUT2D eigenvalue weighted by Crippen LogP contribution is -2.26. The second-order valence-corrected chi connectivity index (χ2v) is 5.22. The molecule has 78 valence electrons. The highest BCUT2D eigenvalue weighted by Crippen LogP contribution is 2.40. The SMILES string of the molecule is C1=CC2=NC3=S(N2C=C1)N1C=CC=CC1=N3. The minimum absolute atomic E-state index is 0.201. The van der Waals surface area contributed by atoms with Crippen LogP contribution in [0.15, 0.2) is 58.8 Å². The van der Waals surface area contributed by atoms with E-state index in [9.17, 15) is 0 Å². The van der Waals surface area contributed by atoms with Crippen LogP contribution in [0.1, 0.15) is 0 Å². The number of hydrogen-bond donors (Lipinski definition) is 0. The van der Waals surface area contributed by atoms with Gasteiger partial charge in [0.05, 0.1) is 10.9 Å². The average molecular weight is 228 g/mol. The first-order valence-corrected chi connectivity index (χ1v) is 6.14. The average Bonchev–Trinajstić information content (AvgIpc) is 2.83. The van der Waals surface area contributed by atoms with Crippen molar-refractivity contribution in [2.24, 2.45) is 9.98 Å². The first-order valence-electron chi connectivity index (χ1n) is 5.00. The van der Waals surface area contributed by atoms with E-state index in [0.29, 0.717) is 0 Å². The minimum atomic E-state index is -0.201. The summed E-state index contributed by atoms with van der Waals surface area (Å²) >= 11 is 0. The van der Waals surface area contributed by atoms with Gasteiger partial charge in [-0.15, -0.1) is 0 Å². The van der Waals surface area contributed by atoms with Gasteiger partial charge in [0.2, 0.25) is 5.11 Å². The molecule has 0 unspecified atom stereocenters. The van der Waals surface area contributed by atoms with E-state index >= 15 is 0 Å². The molecule has 4 rings (SSSR count). The normalized spacial score (nSPS) is 24.6. The van der Waals surface area contributed by atoms with E-state index < -0.39 is 0 Å². The molecule has 0 aromatic rings. The van der Waals surface area contributed by atoms with E-state index in [2.05, 4.69) is 31.0 Å². The maximum absolute atomic E-state index is 4.53. The summed E-state index contributed by atoms with van der Waals surface area (Å²) in [6.45, 7) is 0. The Morgan fingerprint density at radius 2 is 1.38 bits per heavy atom. The Morgan fingerprint density at radius 3 is 1.94 bits per heavy atom. The van der Waals surface area contributed by atoms with Gasteiger partial charge in [0, 0.05) is 12.4 Å². The van der Waals surface area contributed by atoms with E-state index in [1.54, 1.807) is 0 Å². The van der Waals surface area contributed by atoms with Gasteiger partial charge in [-0.1, -0.05) is 12.2 Å². The molecule has 4 aliphatic rings. The van der Waals surface area contributed by atoms with Gasteiger partial charge in [-0.25, -0.2) is 9.98 Å². The predicted octanol–water partition coefficient (Wildman–Crippen LogP) is 1.77. The standard InChI is InChI=1S/C11H8N4S/c1-3-7-14-9(5-1)12-11-13-10-6-2-4-8-15(10)16(11)14/h1-8H. The van der Waals surface area contributed by atoms with Crippen molar-refractivity contribution in [1.29, 1.82) is 0 Å². The van der Waals surface area contributed by atoms with Crippen LogP contribution in [0.25, 0.3) is 0 Å². The number of rotatable bonds is 0. The van der Waals surface area contributed by atoms with Crippen molar-refractivity contribution in [3.05, 3.63) is 48.9 Å². The van der Waals surface area contributed by atoms with Crippen molar-refractivity contribution in [1.82, 2.24) is 8.61 Å². The van der Waals surface area contributed by atoms with E-state index in [-0.39, 0.29) is 10.9 Å². The fraction of sp³-hybridized carbons (Fsp3) is 0. The largest absolute Gasteiger partial charge is 0.261 e. The molecule has 5 heteroatoms. The number of hydrogen-bond acceptors (Lipinski definition) is 4. The zero-order chi connectivity index (χ0) is 10.5. The van der Waals surface area contributed by atoms with Crippen molar-refractivity contribution in [3.63, 3.8) is 0 Å². The molecule has 0 radical (unpaired) electrons. The monoisotopic (exact) mass is 228 g/mol. The Bertz CT molecular complexity index is 539. The Morgan fingerprint density at radius 1 is 0.812 bits per heavy atom. The van der Waals surface area contributed by atoms with Gasteiger partial charge < -0.3 is 0 Å². The molecule has 0 aliphatic carbocycles. The molecule has 4 aliphatic heterocycles. The highest BCUT2D eigenvalue weighted by atomic mass is 32.2. The lowest BCUT2D eigenvalue weighted by molar-refractivity contribution is 0.838. The van der Waals surface area contributed by atoms with Gasteiger partial charge >= 0.3 is 0 Å². The van der Waals surface area contributed by atoms with E-state index in [0.717, 1.165) is 16.8 Å². The summed E-state index contributed by atoms with van der Waals surface area (Å²) < 4.78 is 4.32. The summed E-state index contributed by atoms with van der Waals surface area (Å²) in [6.07, 6.45) is 16.2. The summed E-state index contributed by atoms with van der Waals surface area (Å²) in [4.78, 5) is 9.07. The van der Waals surface area contributed by atoms with Crippen LogP contribution in [0.4, 0.5) is 0 Å². The van der Waals surface area contributed by atoms with Gasteiger partial charge in [0.15, 0.2) is 0 Å². The van der Waals surface area contributed by atoms with Gasteiger partial charge in [0.25, 0.3) is 0 Å². The third-order valence-corrected chi connectivity index (χ3v) is 4.44. The molecule has 0 aromatic carbocycles. The molecule has 0 fully saturated rings. The number of fused-ring (bicyclic) bond motifs is 4. The Balaban J connectivity index is 1.85. The first-order chi connectivity index (χ1) is 7.93. The maximum atomic E-state index is 4.53. The van der Waals surface area contributed by atoms with Crippen LogP contribution in [-0.4, -0.2) is 25.4 Å². The van der Waals surface area contributed by atoms with Crippen molar-refractivity contribution >= 4 is 27.6 Å². The first kappa shape index (κ1) is 8.29. The van der Waals surface area contributed by atoms with Crippen LogP contribution in [0.2, 0.25) is 0 Å². The van der Waals surface area contributed by atoms with E-state index in [1.807, 2.05) is 36.5 Å².